The fourth-order valence-corrected chi connectivity index (χ4v) is 5.70. The summed E-state index contributed by atoms with van der Waals surface area (Å²) in [6, 6.07) is 14.6. The number of halogens is 3. The summed E-state index contributed by atoms with van der Waals surface area (Å²) in [5.74, 6) is -2.09. The molecule has 11 heteroatoms. The molecule has 0 amide bonds. The number of likely N-dealkylation sites (tertiary alicyclic amines) is 1. The molecule has 1 aromatic carbocycles. The number of H-pyrrole nitrogens is 2. The Balaban J connectivity index is 1.24. The molecule has 0 radical (unpaired) electrons. The number of thiophene rings is 1. The van der Waals surface area contributed by atoms with Crippen LogP contribution in [-0.4, -0.2) is 54.0 Å². The Morgan fingerprint density at radius 1 is 1.00 bits per heavy atom. The minimum atomic E-state index is -2.63. The summed E-state index contributed by atoms with van der Waals surface area (Å²) in [6.45, 7) is 0.534. The van der Waals surface area contributed by atoms with E-state index in [0.29, 0.717) is 35.8 Å². The smallest absolute Gasteiger partial charge is 0.261 e. The molecule has 1 saturated heterocycles. The van der Waals surface area contributed by atoms with Crippen LogP contribution in [0.2, 0.25) is 0 Å². The number of rotatable bonds is 5. The van der Waals surface area contributed by atoms with Crippen LogP contribution in [0, 0.1) is 5.13 Å². The fourth-order valence-electron chi connectivity index (χ4n) is 4.94. The normalized spacial score (nSPS) is 15.7. The van der Waals surface area contributed by atoms with Gasteiger partial charge in [-0.15, -0.1) is 11.3 Å². The van der Waals surface area contributed by atoms with E-state index in [1.807, 2.05) is 36.4 Å². The molecule has 0 saturated carbocycles. The average Bonchev–Trinajstić information content (AvgIpc) is 3.69. The second kappa shape index (κ2) is 8.74. The van der Waals surface area contributed by atoms with Crippen LogP contribution in [0.4, 0.5) is 13.2 Å². The summed E-state index contributed by atoms with van der Waals surface area (Å²) >= 11 is 1.07. The molecule has 6 heterocycles. The Kier molecular flexibility index (Phi) is 5.31. The minimum Gasteiger partial charge on any atom is -0.336 e. The number of fused-ring (bicyclic) bond motifs is 2. The molecular weight excluding hydrogens is 511 g/mol. The number of pyridine rings is 2. The lowest BCUT2D eigenvalue weighted by atomic mass is 10.1. The highest BCUT2D eigenvalue weighted by Gasteiger charge is 2.37. The van der Waals surface area contributed by atoms with Crippen molar-refractivity contribution in [1.29, 1.82) is 0 Å². The van der Waals surface area contributed by atoms with Gasteiger partial charge in [-0.05, 0) is 42.0 Å². The summed E-state index contributed by atoms with van der Waals surface area (Å²) in [7, 11) is 0. The number of aromatic nitrogens is 6. The molecule has 190 valence electrons. The Hall–Kier alpha value is -4.09. The van der Waals surface area contributed by atoms with E-state index in [1.54, 1.807) is 23.4 Å². The van der Waals surface area contributed by atoms with Gasteiger partial charge >= 0.3 is 0 Å². The molecule has 1 aliphatic rings. The molecular formula is C27H20F3N7S. The molecule has 0 bridgehead atoms. The zero-order valence-corrected chi connectivity index (χ0v) is 20.7. The largest absolute Gasteiger partial charge is 0.336 e. The highest BCUT2D eigenvalue weighted by atomic mass is 32.1. The highest BCUT2D eigenvalue weighted by molar-refractivity contribution is 7.14. The van der Waals surface area contributed by atoms with E-state index in [0.717, 1.165) is 49.5 Å². The molecule has 38 heavy (non-hydrogen) atoms. The highest BCUT2D eigenvalue weighted by Crippen LogP contribution is 2.35. The number of nitrogens with one attached hydrogen (secondary N) is 2. The van der Waals surface area contributed by atoms with E-state index in [4.69, 9.17) is 9.97 Å². The van der Waals surface area contributed by atoms with Crippen molar-refractivity contribution < 1.29 is 13.2 Å². The van der Waals surface area contributed by atoms with E-state index in [-0.39, 0.29) is 18.1 Å². The van der Waals surface area contributed by atoms with Crippen molar-refractivity contribution in [1.82, 2.24) is 35.0 Å². The van der Waals surface area contributed by atoms with Gasteiger partial charge in [-0.25, -0.2) is 18.7 Å². The minimum absolute atomic E-state index is 0.116. The second-order valence-electron chi connectivity index (χ2n) is 9.45. The van der Waals surface area contributed by atoms with Crippen LogP contribution in [0.5, 0.6) is 0 Å². The quantitative estimate of drug-likeness (QED) is 0.274. The van der Waals surface area contributed by atoms with Crippen LogP contribution in [-0.2, 0) is 6.54 Å². The number of imidazole rings is 1. The van der Waals surface area contributed by atoms with Gasteiger partial charge in [0, 0.05) is 47.9 Å². The topological polar surface area (TPSA) is 86.4 Å². The summed E-state index contributed by atoms with van der Waals surface area (Å²) in [4.78, 5) is 19.9. The van der Waals surface area contributed by atoms with Gasteiger partial charge in [-0.2, -0.15) is 9.49 Å². The SMILES string of the molecule is Fc1ccc(-c2cccc3[nH]c(-c4n[nH]c5ccc(-c6cncc(CN7CCC(F)(F)C7)c6)nc45)nc23)s1. The molecule has 6 aromatic rings. The molecule has 0 atom stereocenters. The van der Waals surface area contributed by atoms with Crippen LogP contribution in [0.3, 0.4) is 0 Å². The third kappa shape index (κ3) is 4.13. The van der Waals surface area contributed by atoms with Crippen LogP contribution in [0.1, 0.15) is 12.0 Å². The summed E-state index contributed by atoms with van der Waals surface area (Å²) in [5, 5.41) is 7.23. The van der Waals surface area contributed by atoms with Crippen LogP contribution in [0.25, 0.3) is 55.3 Å². The lowest BCUT2D eigenvalue weighted by Crippen LogP contribution is -2.24. The zero-order chi connectivity index (χ0) is 25.9. The van der Waals surface area contributed by atoms with Crippen LogP contribution >= 0.6 is 11.3 Å². The van der Waals surface area contributed by atoms with Gasteiger partial charge in [-0.3, -0.25) is 15.0 Å². The van der Waals surface area contributed by atoms with Crippen molar-refractivity contribution in [3.8, 4) is 33.2 Å². The Morgan fingerprint density at radius 2 is 1.92 bits per heavy atom. The van der Waals surface area contributed by atoms with Gasteiger partial charge in [0.2, 0.25) is 0 Å². The number of para-hydroxylation sites is 1. The van der Waals surface area contributed by atoms with Crippen molar-refractivity contribution >= 4 is 33.4 Å². The van der Waals surface area contributed by atoms with Crippen LogP contribution in [0.15, 0.2) is 60.9 Å². The van der Waals surface area contributed by atoms with E-state index in [2.05, 4.69) is 20.2 Å². The number of nitrogens with zero attached hydrogens (tertiary/aromatic N) is 5. The molecule has 2 N–H and O–H groups in total. The Labute approximate surface area is 218 Å². The molecule has 0 aliphatic carbocycles. The maximum atomic E-state index is 13.7. The number of hydrogen-bond donors (Lipinski definition) is 2. The molecule has 0 spiro atoms. The van der Waals surface area contributed by atoms with Crippen molar-refractivity contribution in [2.45, 2.75) is 18.9 Å². The molecule has 7 rings (SSSR count). The maximum Gasteiger partial charge on any atom is 0.261 e. The number of alkyl halides is 2. The van der Waals surface area contributed by atoms with E-state index < -0.39 is 5.92 Å². The summed E-state index contributed by atoms with van der Waals surface area (Å²) < 4.78 is 40.9. The number of aromatic amines is 2. The van der Waals surface area contributed by atoms with Gasteiger partial charge in [0.1, 0.15) is 5.52 Å². The van der Waals surface area contributed by atoms with Gasteiger partial charge in [0.05, 0.1) is 28.8 Å². The first-order valence-corrected chi connectivity index (χ1v) is 12.9. The maximum absolute atomic E-state index is 13.7. The molecule has 7 nitrogen and oxygen atoms in total. The first-order chi connectivity index (χ1) is 18.4. The molecule has 1 fully saturated rings. The third-order valence-electron chi connectivity index (χ3n) is 6.73. The van der Waals surface area contributed by atoms with Crippen molar-refractivity contribution in [2.75, 3.05) is 13.1 Å². The van der Waals surface area contributed by atoms with E-state index in [9.17, 15) is 13.2 Å². The molecule has 1 aliphatic heterocycles. The second-order valence-corrected chi connectivity index (χ2v) is 10.5. The van der Waals surface area contributed by atoms with Crippen molar-refractivity contribution in [3.63, 3.8) is 0 Å². The monoisotopic (exact) mass is 531 g/mol. The lowest BCUT2D eigenvalue weighted by Gasteiger charge is -2.15. The Bertz CT molecular complexity index is 1810. The fraction of sp³-hybridized carbons (Fsp3) is 0.185. The first kappa shape index (κ1) is 23.1. The van der Waals surface area contributed by atoms with Gasteiger partial charge in [0.15, 0.2) is 16.6 Å². The first-order valence-electron chi connectivity index (χ1n) is 12.1. The summed E-state index contributed by atoms with van der Waals surface area (Å²) in [5.41, 5.74) is 6.63. The number of benzene rings is 1. The van der Waals surface area contributed by atoms with Gasteiger partial charge in [0.25, 0.3) is 5.92 Å². The predicted molar refractivity (Wildman–Crippen MR) is 140 cm³/mol. The van der Waals surface area contributed by atoms with Crippen molar-refractivity contribution in [2.24, 2.45) is 0 Å². The van der Waals surface area contributed by atoms with Gasteiger partial charge < -0.3 is 4.98 Å². The molecule has 5 aromatic heterocycles. The van der Waals surface area contributed by atoms with Crippen molar-refractivity contribution in [3.05, 3.63) is 71.6 Å². The Morgan fingerprint density at radius 3 is 2.74 bits per heavy atom. The molecule has 0 unspecified atom stereocenters. The average molecular weight is 532 g/mol. The third-order valence-corrected chi connectivity index (χ3v) is 7.64. The van der Waals surface area contributed by atoms with E-state index >= 15 is 0 Å². The predicted octanol–water partition coefficient (Wildman–Crippen LogP) is 6.27. The van der Waals surface area contributed by atoms with E-state index in [1.165, 1.54) is 6.07 Å². The number of hydrogen-bond acceptors (Lipinski definition) is 6. The summed E-state index contributed by atoms with van der Waals surface area (Å²) in [6.07, 6.45) is 3.30. The standard InChI is InChI=1S/C27H20F3N7S/c28-22-7-6-21(38-22)17-2-1-3-19-23(17)34-26(33-19)25-24-20(35-36-25)5-4-18(32-24)16-10-15(11-31-12-16)13-37-9-8-27(29,30)14-37/h1-7,10-12H,8-9,13-14H2,(H,33,34)(H,35,36). The zero-order valence-electron chi connectivity index (χ0n) is 19.9. The van der Waals surface area contributed by atoms with Crippen LogP contribution < -0.4 is 0 Å². The lowest BCUT2D eigenvalue weighted by molar-refractivity contribution is 0.0115. The van der Waals surface area contributed by atoms with Gasteiger partial charge in [-0.1, -0.05) is 12.1 Å².